The molecule has 0 spiro atoms. The molecule has 0 aliphatic carbocycles. The lowest BCUT2D eigenvalue weighted by Gasteiger charge is -2.31. The molecular weight excluding hydrogens is 306 g/mol. The third-order valence-corrected chi connectivity index (χ3v) is 3.98. The zero-order chi connectivity index (χ0) is 17.2. The van der Waals surface area contributed by atoms with Gasteiger partial charge in [-0.2, -0.15) is 0 Å². The molecular formula is C18H29N3O3. The van der Waals surface area contributed by atoms with E-state index in [1.807, 2.05) is 6.07 Å². The maximum absolute atomic E-state index is 11.8. The van der Waals surface area contributed by atoms with E-state index in [1.54, 1.807) is 7.11 Å². The molecule has 6 nitrogen and oxygen atoms in total. The number of morpholine rings is 1. The molecule has 1 unspecified atom stereocenters. The van der Waals surface area contributed by atoms with Gasteiger partial charge in [0, 0.05) is 39.8 Å². The van der Waals surface area contributed by atoms with Gasteiger partial charge in [-0.15, -0.1) is 0 Å². The number of nitrogens with zero attached hydrogens (tertiary/aromatic N) is 1. The van der Waals surface area contributed by atoms with Gasteiger partial charge in [0.25, 0.3) is 0 Å². The fourth-order valence-electron chi connectivity index (χ4n) is 2.77. The Kier molecular flexibility index (Phi) is 8.18. The summed E-state index contributed by atoms with van der Waals surface area (Å²) in [5.74, 6) is -0.00138. The summed E-state index contributed by atoms with van der Waals surface area (Å²) in [4.78, 5) is 14.2. The van der Waals surface area contributed by atoms with Crippen LogP contribution in [0.5, 0.6) is 0 Å². The number of nitrogens with one attached hydrogen (secondary N) is 2. The first kappa shape index (κ1) is 18.9. The second kappa shape index (κ2) is 10.4. The van der Waals surface area contributed by atoms with Crippen LogP contribution < -0.4 is 10.6 Å². The fourth-order valence-corrected chi connectivity index (χ4v) is 2.77. The molecule has 0 aromatic heterocycles. The van der Waals surface area contributed by atoms with E-state index in [4.69, 9.17) is 9.47 Å². The summed E-state index contributed by atoms with van der Waals surface area (Å²) in [7, 11) is 1.65. The molecule has 1 amide bonds. The highest BCUT2D eigenvalue weighted by molar-refractivity contribution is 5.77. The summed E-state index contributed by atoms with van der Waals surface area (Å²) in [5, 5.41) is 5.97. The minimum atomic E-state index is -0.00138. The maximum atomic E-state index is 11.8. The first-order valence-corrected chi connectivity index (χ1v) is 8.55. The zero-order valence-corrected chi connectivity index (χ0v) is 14.7. The third-order valence-electron chi connectivity index (χ3n) is 3.98. The summed E-state index contributed by atoms with van der Waals surface area (Å²) < 4.78 is 10.5. The standard InChI is InChI=1S/C18H29N3O3/c1-15-13-21(7-9-24-15)14-17-5-3-4-16(10-17)11-20-18(22)12-19-6-8-23-2/h3-5,10,15,19H,6-9,11-14H2,1-2H3,(H,20,22). The van der Waals surface area contributed by atoms with Gasteiger partial charge in [0.05, 0.1) is 25.9 Å². The summed E-state index contributed by atoms with van der Waals surface area (Å²) in [6.45, 7) is 7.92. The molecule has 1 aliphatic rings. The van der Waals surface area contributed by atoms with E-state index in [-0.39, 0.29) is 5.91 Å². The number of rotatable bonds is 9. The third kappa shape index (κ3) is 6.97. The van der Waals surface area contributed by atoms with Gasteiger partial charge < -0.3 is 20.1 Å². The van der Waals surface area contributed by atoms with Crippen LogP contribution >= 0.6 is 0 Å². The highest BCUT2D eigenvalue weighted by Gasteiger charge is 2.16. The van der Waals surface area contributed by atoms with Gasteiger partial charge in [-0.1, -0.05) is 24.3 Å². The Morgan fingerprint density at radius 3 is 3.04 bits per heavy atom. The van der Waals surface area contributed by atoms with E-state index in [1.165, 1.54) is 5.56 Å². The second-order valence-electron chi connectivity index (χ2n) is 6.18. The van der Waals surface area contributed by atoms with Gasteiger partial charge >= 0.3 is 0 Å². The molecule has 1 atom stereocenters. The molecule has 1 aromatic carbocycles. The van der Waals surface area contributed by atoms with E-state index < -0.39 is 0 Å². The van der Waals surface area contributed by atoms with Crippen LogP contribution in [-0.4, -0.2) is 63.4 Å². The maximum Gasteiger partial charge on any atom is 0.234 e. The summed E-state index contributed by atoms with van der Waals surface area (Å²) in [6.07, 6.45) is 0.298. The van der Waals surface area contributed by atoms with Crippen LogP contribution in [0.1, 0.15) is 18.1 Å². The van der Waals surface area contributed by atoms with Crippen molar-refractivity contribution in [2.75, 3.05) is 46.5 Å². The highest BCUT2D eigenvalue weighted by Crippen LogP contribution is 2.12. The lowest BCUT2D eigenvalue weighted by molar-refractivity contribution is -0.120. The molecule has 0 radical (unpaired) electrons. The molecule has 2 rings (SSSR count). The molecule has 134 valence electrons. The Morgan fingerprint density at radius 1 is 1.42 bits per heavy atom. The van der Waals surface area contributed by atoms with Crippen LogP contribution in [0.15, 0.2) is 24.3 Å². The summed E-state index contributed by atoms with van der Waals surface area (Å²) >= 11 is 0. The van der Waals surface area contributed by atoms with Crippen molar-refractivity contribution in [1.29, 1.82) is 0 Å². The molecule has 1 fully saturated rings. The number of ether oxygens (including phenoxy) is 2. The van der Waals surface area contributed by atoms with Gasteiger partial charge in [0.15, 0.2) is 0 Å². The summed E-state index contributed by atoms with van der Waals surface area (Å²) in [5.41, 5.74) is 2.40. The van der Waals surface area contributed by atoms with Gasteiger partial charge in [0.1, 0.15) is 0 Å². The molecule has 1 saturated heterocycles. The second-order valence-corrected chi connectivity index (χ2v) is 6.18. The van der Waals surface area contributed by atoms with Crippen molar-refractivity contribution < 1.29 is 14.3 Å². The molecule has 1 heterocycles. The lowest BCUT2D eigenvalue weighted by atomic mass is 10.1. The SMILES string of the molecule is COCCNCC(=O)NCc1cccc(CN2CCOC(C)C2)c1. The van der Waals surface area contributed by atoms with Crippen molar-refractivity contribution in [1.82, 2.24) is 15.5 Å². The van der Waals surface area contributed by atoms with Crippen LogP contribution in [0.3, 0.4) is 0 Å². The Hall–Kier alpha value is -1.47. The average molecular weight is 335 g/mol. The smallest absolute Gasteiger partial charge is 0.234 e. The topological polar surface area (TPSA) is 62.8 Å². The van der Waals surface area contributed by atoms with E-state index >= 15 is 0 Å². The monoisotopic (exact) mass is 335 g/mol. The molecule has 24 heavy (non-hydrogen) atoms. The van der Waals surface area contributed by atoms with E-state index in [0.29, 0.717) is 32.3 Å². The van der Waals surface area contributed by atoms with Crippen LogP contribution in [-0.2, 0) is 27.4 Å². The number of hydrogen-bond donors (Lipinski definition) is 2. The minimum absolute atomic E-state index is 0.00138. The number of benzene rings is 1. The van der Waals surface area contributed by atoms with E-state index in [9.17, 15) is 4.79 Å². The Morgan fingerprint density at radius 2 is 2.25 bits per heavy atom. The van der Waals surface area contributed by atoms with E-state index in [0.717, 1.165) is 31.8 Å². The molecule has 1 aromatic rings. The zero-order valence-electron chi connectivity index (χ0n) is 14.7. The molecule has 6 heteroatoms. The largest absolute Gasteiger partial charge is 0.383 e. The molecule has 0 saturated carbocycles. The quantitative estimate of drug-likeness (QED) is 0.653. The molecule has 0 bridgehead atoms. The number of carbonyl (C=O) groups excluding carboxylic acids is 1. The van der Waals surface area contributed by atoms with Crippen molar-refractivity contribution in [2.24, 2.45) is 0 Å². The van der Waals surface area contributed by atoms with Gasteiger partial charge in [-0.05, 0) is 18.1 Å². The summed E-state index contributed by atoms with van der Waals surface area (Å²) in [6, 6.07) is 8.40. The number of carbonyl (C=O) groups is 1. The molecule has 2 N–H and O–H groups in total. The van der Waals surface area contributed by atoms with Crippen LogP contribution in [0, 0.1) is 0 Å². The fraction of sp³-hybridized carbons (Fsp3) is 0.611. The molecule has 1 aliphatic heterocycles. The van der Waals surface area contributed by atoms with Crippen molar-refractivity contribution in [3.8, 4) is 0 Å². The highest BCUT2D eigenvalue weighted by atomic mass is 16.5. The van der Waals surface area contributed by atoms with Crippen LogP contribution in [0.4, 0.5) is 0 Å². The van der Waals surface area contributed by atoms with Crippen molar-refractivity contribution in [3.63, 3.8) is 0 Å². The first-order chi connectivity index (χ1) is 11.7. The van der Waals surface area contributed by atoms with Crippen molar-refractivity contribution >= 4 is 5.91 Å². The van der Waals surface area contributed by atoms with Gasteiger partial charge in [0.2, 0.25) is 5.91 Å². The van der Waals surface area contributed by atoms with Crippen molar-refractivity contribution in [2.45, 2.75) is 26.1 Å². The normalized spacial score (nSPS) is 18.5. The predicted molar refractivity (Wildman–Crippen MR) is 93.7 cm³/mol. The first-order valence-electron chi connectivity index (χ1n) is 8.55. The predicted octanol–water partition coefficient (Wildman–Crippen LogP) is 0.760. The van der Waals surface area contributed by atoms with Crippen LogP contribution in [0.25, 0.3) is 0 Å². The van der Waals surface area contributed by atoms with Gasteiger partial charge in [-0.3, -0.25) is 9.69 Å². The Labute approximate surface area is 144 Å². The number of hydrogen-bond acceptors (Lipinski definition) is 5. The Balaban J connectivity index is 1.74. The minimum Gasteiger partial charge on any atom is -0.383 e. The van der Waals surface area contributed by atoms with Gasteiger partial charge in [-0.25, -0.2) is 0 Å². The number of amides is 1. The Bertz CT molecular complexity index is 510. The lowest BCUT2D eigenvalue weighted by Crippen LogP contribution is -2.40. The average Bonchev–Trinajstić information content (AvgIpc) is 2.57. The number of methoxy groups -OCH3 is 1. The van der Waals surface area contributed by atoms with Crippen LogP contribution in [0.2, 0.25) is 0 Å². The van der Waals surface area contributed by atoms with Crippen molar-refractivity contribution in [3.05, 3.63) is 35.4 Å². The van der Waals surface area contributed by atoms with E-state index in [2.05, 4.69) is 40.7 Å².